The topological polar surface area (TPSA) is 94.0 Å². The molecule has 1 heterocycles. The van der Waals surface area contributed by atoms with Crippen molar-refractivity contribution in [2.24, 2.45) is 5.73 Å². The Morgan fingerprint density at radius 1 is 1.71 bits per heavy atom. The van der Waals surface area contributed by atoms with Gasteiger partial charge in [0.05, 0.1) is 6.04 Å². The van der Waals surface area contributed by atoms with Crippen LogP contribution in [0.25, 0.3) is 0 Å². The van der Waals surface area contributed by atoms with Crippen LogP contribution in [0.3, 0.4) is 0 Å². The number of carbonyl (C=O) groups excluding carboxylic acids is 1. The van der Waals surface area contributed by atoms with Gasteiger partial charge in [-0.25, -0.2) is 0 Å². The second kappa shape index (κ2) is 4.71. The number of hydrogen-bond acceptors (Lipinski definition) is 5. The molecule has 0 saturated carbocycles. The summed E-state index contributed by atoms with van der Waals surface area (Å²) in [7, 11) is 0. The predicted molar refractivity (Wildman–Crippen MR) is 49.4 cm³/mol. The van der Waals surface area contributed by atoms with E-state index < -0.39 is 0 Å². The highest BCUT2D eigenvalue weighted by atomic mass is 16.5. The molecule has 1 aromatic heterocycles. The zero-order chi connectivity index (χ0) is 10.6. The minimum Gasteiger partial charge on any atom is -0.368 e. The van der Waals surface area contributed by atoms with Gasteiger partial charge in [0.15, 0.2) is 5.82 Å². The fraction of sp³-hybridized carbons (Fsp3) is 0.625. The molecule has 0 aliphatic heterocycles. The number of primary amides is 1. The second-order valence-corrected chi connectivity index (χ2v) is 3.06. The number of rotatable bonds is 5. The Balaban J connectivity index is 2.25. The van der Waals surface area contributed by atoms with E-state index >= 15 is 0 Å². The summed E-state index contributed by atoms with van der Waals surface area (Å²) in [5, 5.41) is 6.58. The Morgan fingerprint density at radius 3 is 2.93 bits per heavy atom. The largest absolute Gasteiger partial charge is 0.368 e. The first kappa shape index (κ1) is 10.6. The third-order valence-corrected chi connectivity index (χ3v) is 1.79. The Kier molecular flexibility index (Phi) is 3.58. The molecular formula is C8H14N4O2. The van der Waals surface area contributed by atoms with Gasteiger partial charge in [-0.2, -0.15) is 4.98 Å². The first-order chi connectivity index (χ1) is 6.59. The van der Waals surface area contributed by atoms with Crippen molar-refractivity contribution >= 4 is 5.91 Å². The standard InChI is InChI=1S/C8H14N4O2/c1-5(8(9)13)10-4-3-7-11-6(2)12-14-7/h5,10H,3-4H2,1-2H3,(H2,9,13). The first-order valence-electron chi connectivity index (χ1n) is 4.41. The SMILES string of the molecule is Cc1noc(CCNC(C)C(N)=O)n1. The Bertz CT molecular complexity index is 310. The van der Waals surface area contributed by atoms with Crippen LogP contribution >= 0.6 is 0 Å². The summed E-state index contributed by atoms with van der Waals surface area (Å²) < 4.78 is 4.89. The lowest BCUT2D eigenvalue weighted by atomic mass is 10.3. The van der Waals surface area contributed by atoms with E-state index in [-0.39, 0.29) is 11.9 Å². The molecule has 6 nitrogen and oxygen atoms in total. The van der Waals surface area contributed by atoms with E-state index in [0.717, 1.165) is 0 Å². The van der Waals surface area contributed by atoms with E-state index in [1.165, 1.54) is 0 Å². The van der Waals surface area contributed by atoms with Crippen LogP contribution in [0.5, 0.6) is 0 Å². The van der Waals surface area contributed by atoms with Crippen LogP contribution in [0.15, 0.2) is 4.52 Å². The molecule has 3 N–H and O–H groups in total. The highest BCUT2D eigenvalue weighted by molar-refractivity contribution is 5.79. The molecular weight excluding hydrogens is 184 g/mol. The lowest BCUT2D eigenvalue weighted by Gasteiger charge is -2.07. The number of hydrogen-bond donors (Lipinski definition) is 2. The molecule has 0 fully saturated rings. The molecule has 0 bridgehead atoms. The molecule has 6 heteroatoms. The zero-order valence-electron chi connectivity index (χ0n) is 8.28. The third kappa shape index (κ3) is 3.14. The maximum Gasteiger partial charge on any atom is 0.234 e. The van der Waals surface area contributed by atoms with Gasteiger partial charge in [0.2, 0.25) is 11.8 Å². The monoisotopic (exact) mass is 198 g/mol. The lowest BCUT2D eigenvalue weighted by molar-refractivity contribution is -0.119. The van der Waals surface area contributed by atoms with Crippen molar-refractivity contribution in [2.45, 2.75) is 26.3 Å². The Labute approximate surface area is 81.9 Å². The van der Waals surface area contributed by atoms with Gasteiger partial charge in [0, 0.05) is 13.0 Å². The number of aromatic nitrogens is 2. The van der Waals surface area contributed by atoms with Crippen molar-refractivity contribution in [1.29, 1.82) is 0 Å². The average Bonchev–Trinajstić information content (AvgIpc) is 2.51. The van der Waals surface area contributed by atoms with E-state index in [0.29, 0.717) is 24.7 Å². The summed E-state index contributed by atoms with van der Waals surface area (Å²) in [4.78, 5) is 14.7. The van der Waals surface area contributed by atoms with Crippen LogP contribution in [0.2, 0.25) is 0 Å². The minimum atomic E-state index is -0.369. The number of nitrogens with zero attached hydrogens (tertiary/aromatic N) is 2. The summed E-state index contributed by atoms with van der Waals surface area (Å²) in [5.41, 5.74) is 5.07. The van der Waals surface area contributed by atoms with Gasteiger partial charge in [0.1, 0.15) is 0 Å². The number of carbonyl (C=O) groups is 1. The van der Waals surface area contributed by atoms with Gasteiger partial charge in [-0.1, -0.05) is 5.16 Å². The highest BCUT2D eigenvalue weighted by Gasteiger charge is 2.08. The fourth-order valence-electron chi connectivity index (χ4n) is 0.938. The first-order valence-corrected chi connectivity index (χ1v) is 4.41. The molecule has 0 aromatic carbocycles. The zero-order valence-corrected chi connectivity index (χ0v) is 8.28. The van der Waals surface area contributed by atoms with Gasteiger partial charge < -0.3 is 15.6 Å². The Hall–Kier alpha value is -1.43. The molecule has 1 atom stereocenters. The van der Waals surface area contributed by atoms with Crippen molar-refractivity contribution < 1.29 is 9.32 Å². The van der Waals surface area contributed by atoms with Crippen molar-refractivity contribution in [2.75, 3.05) is 6.54 Å². The molecule has 0 spiro atoms. The molecule has 0 radical (unpaired) electrons. The molecule has 1 aromatic rings. The van der Waals surface area contributed by atoms with E-state index in [1.807, 2.05) is 0 Å². The quantitative estimate of drug-likeness (QED) is 0.657. The van der Waals surface area contributed by atoms with E-state index in [9.17, 15) is 4.79 Å². The van der Waals surface area contributed by atoms with Crippen molar-refractivity contribution in [3.05, 3.63) is 11.7 Å². The summed E-state index contributed by atoms with van der Waals surface area (Å²) in [5.74, 6) is 0.807. The number of aryl methyl sites for hydroxylation is 1. The van der Waals surface area contributed by atoms with Crippen LogP contribution in [0.1, 0.15) is 18.6 Å². The van der Waals surface area contributed by atoms with Gasteiger partial charge in [-0.15, -0.1) is 0 Å². The van der Waals surface area contributed by atoms with Crippen molar-refractivity contribution in [1.82, 2.24) is 15.5 Å². The third-order valence-electron chi connectivity index (χ3n) is 1.79. The molecule has 14 heavy (non-hydrogen) atoms. The van der Waals surface area contributed by atoms with Crippen LogP contribution in [-0.4, -0.2) is 28.6 Å². The number of amides is 1. The molecule has 1 rings (SSSR count). The van der Waals surface area contributed by atoms with E-state index in [4.69, 9.17) is 10.3 Å². The van der Waals surface area contributed by atoms with Crippen LogP contribution < -0.4 is 11.1 Å². The summed E-state index contributed by atoms with van der Waals surface area (Å²) in [6.07, 6.45) is 0.596. The maximum absolute atomic E-state index is 10.7. The summed E-state index contributed by atoms with van der Waals surface area (Å²) in [6, 6.07) is -0.334. The van der Waals surface area contributed by atoms with Crippen LogP contribution in [-0.2, 0) is 11.2 Å². The fourth-order valence-corrected chi connectivity index (χ4v) is 0.938. The van der Waals surface area contributed by atoms with E-state index in [2.05, 4.69) is 15.5 Å². The van der Waals surface area contributed by atoms with Crippen molar-refractivity contribution in [3.8, 4) is 0 Å². The average molecular weight is 198 g/mol. The van der Waals surface area contributed by atoms with Gasteiger partial charge in [-0.05, 0) is 13.8 Å². The molecule has 1 unspecified atom stereocenters. The lowest BCUT2D eigenvalue weighted by Crippen LogP contribution is -2.39. The molecule has 0 aliphatic carbocycles. The van der Waals surface area contributed by atoms with Gasteiger partial charge >= 0.3 is 0 Å². The predicted octanol–water partition coefficient (Wildman–Crippen LogP) is -0.616. The van der Waals surface area contributed by atoms with Crippen LogP contribution in [0.4, 0.5) is 0 Å². The normalized spacial score (nSPS) is 12.7. The van der Waals surface area contributed by atoms with Crippen molar-refractivity contribution in [3.63, 3.8) is 0 Å². The second-order valence-electron chi connectivity index (χ2n) is 3.06. The highest BCUT2D eigenvalue weighted by Crippen LogP contribution is 1.95. The van der Waals surface area contributed by atoms with E-state index in [1.54, 1.807) is 13.8 Å². The molecule has 0 aliphatic rings. The molecule has 78 valence electrons. The number of nitrogens with one attached hydrogen (secondary N) is 1. The minimum absolute atomic E-state index is 0.334. The smallest absolute Gasteiger partial charge is 0.234 e. The van der Waals surface area contributed by atoms with Crippen LogP contribution in [0, 0.1) is 6.92 Å². The summed E-state index contributed by atoms with van der Waals surface area (Å²) in [6.45, 7) is 4.06. The Morgan fingerprint density at radius 2 is 2.43 bits per heavy atom. The van der Waals surface area contributed by atoms with Gasteiger partial charge in [0.25, 0.3) is 0 Å². The summed E-state index contributed by atoms with van der Waals surface area (Å²) >= 11 is 0. The maximum atomic E-state index is 10.7. The van der Waals surface area contributed by atoms with Gasteiger partial charge in [-0.3, -0.25) is 4.79 Å². The molecule has 0 saturated heterocycles. The number of nitrogens with two attached hydrogens (primary N) is 1. The molecule has 1 amide bonds.